The summed E-state index contributed by atoms with van der Waals surface area (Å²) in [5.41, 5.74) is -0.103. The quantitative estimate of drug-likeness (QED) is 0.728. The van der Waals surface area contributed by atoms with Crippen LogP contribution in [0, 0.1) is 6.92 Å². The van der Waals surface area contributed by atoms with Crippen molar-refractivity contribution >= 4 is 15.9 Å². The Hall–Kier alpha value is -1.45. The van der Waals surface area contributed by atoms with Gasteiger partial charge in [0.05, 0.1) is 18.3 Å². The first-order valence-electron chi connectivity index (χ1n) is 7.33. The van der Waals surface area contributed by atoms with Crippen molar-refractivity contribution in [1.29, 1.82) is 0 Å². The van der Waals surface area contributed by atoms with E-state index in [0.29, 0.717) is 31.8 Å². The summed E-state index contributed by atoms with van der Waals surface area (Å²) in [4.78, 5) is 13.9. The van der Waals surface area contributed by atoms with Gasteiger partial charge in [-0.05, 0) is 13.0 Å². The summed E-state index contributed by atoms with van der Waals surface area (Å²) >= 11 is 0. The zero-order chi connectivity index (χ0) is 15.7. The SMILES string of the molecule is Cc1cc(S(=O)(=O)N2CC[C@@]34OCCN3C(=O)C[C@@H]24)n(C)n1. The summed E-state index contributed by atoms with van der Waals surface area (Å²) in [6, 6.07) is 1.12. The van der Waals surface area contributed by atoms with Gasteiger partial charge in [-0.1, -0.05) is 0 Å². The number of hydrogen-bond acceptors (Lipinski definition) is 5. The van der Waals surface area contributed by atoms with Gasteiger partial charge >= 0.3 is 0 Å². The minimum absolute atomic E-state index is 0.0245. The lowest BCUT2D eigenvalue weighted by Crippen LogP contribution is -2.48. The molecule has 4 rings (SSSR count). The van der Waals surface area contributed by atoms with Crippen LogP contribution in [0.25, 0.3) is 0 Å². The summed E-state index contributed by atoms with van der Waals surface area (Å²) in [5, 5.41) is 4.27. The maximum atomic E-state index is 13.0. The Morgan fingerprint density at radius 3 is 2.86 bits per heavy atom. The van der Waals surface area contributed by atoms with Gasteiger partial charge < -0.3 is 9.64 Å². The average molecular weight is 326 g/mol. The molecular weight excluding hydrogens is 308 g/mol. The molecule has 3 aliphatic heterocycles. The molecule has 0 saturated carbocycles. The van der Waals surface area contributed by atoms with Gasteiger partial charge in [-0.15, -0.1) is 0 Å². The van der Waals surface area contributed by atoms with Crippen molar-refractivity contribution in [1.82, 2.24) is 19.0 Å². The molecule has 120 valence electrons. The van der Waals surface area contributed by atoms with E-state index in [2.05, 4.69) is 5.10 Å². The predicted octanol–water partition coefficient (Wildman–Crippen LogP) is -0.550. The van der Waals surface area contributed by atoms with Crippen LogP contribution in [0.3, 0.4) is 0 Å². The van der Waals surface area contributed by atoms with Gasteiger partial charge in [0, 0.05) is 33.0 Å². The van der Waals surface area contributed by atoms with Crippen LogP contribution in [0.15, 0.2) is 11.1 Å². The van der Waals surface area contributed by atoms with Gasteiger partial charge in [-0.2, -0.15) is 9.40 Å². The lowest BCUT2D eigenvalue weighted by Gasteiger charge is -2.31. The van der Waals surface area contributed by atoms with Gasteiger partial charge in [0.25, 0.3) is 10.0 Å². The Labute approximate surface area is 128 Å². The Morgan fingerprint density at radius 1 is 1.41 bits per heavy atom. The molecule has 1 spiro atoms. The Balaban J connectivity index is 1.75. The van der Waals surface area contributed by atoms with E-state index in [1.165, 1.54) is 8.99 Å². The van der Waals surface area contributed by atoms with Crippen LogP contribution in [0.4, 0.5) is 0 Å². The highest BCUT2D eigenvalue weighted by Gasteiger charge is 2.64. The van der Waals surface area contributed by atoms with Crippen LogP contribution in [-0.4, -0.2) is 64.8 Å². The number of sulfonamides is 1. The number of aromatic nitrogens is 2. The maximum absolute atomic E-state index is 13.0. The summed E-state index contributed by atoms with van der Waals surface area (Å²) in [5.74, 6) is -0.0245. The number of nitrogens with zero attached hydrogens (tertiary/aromatic N) is 4. The lowest BCUT2D eigenvalue weighted by molar-refractivity contribution is -0.136. The van der Waals surface area contributed by atoms with Gasteiger partial charge in [0.1, 0.15) is 0 Å². The van der Waals surface area contributed by atoms with Crippen molar-refractivity contribution < 1.29 is 17.9 Å². The third-order valence-corrected chi connectivity index (χ3v) is 6.85. The molecule has 22 heavy (non-hydrogen) atoms. The van der Waals surface area contributed by atoms with Crippen molar-refractivity contribution in [2.75, 3.05) is 19.7 Å². The standard InChI is InChI=1S/C13H18N4O4S/c1-9-7-12(15(2)14-9)22(19,20)17-4-3-13-10(17)8-11(18)16(13)5-6-21-13/h7,10H,3-6,8H2,1-2H3/t10-,13+/m1/s1. The van der Waals surface area contributed by atoms with E-state index in [-0.39, 0.29) is 17.4 Å². The van der Waals surface area contributed by atoms with Crippen LogP contribution < -0.4 is 0 Å². The topological polar surface area (TPSA) is 84.7 Å². The Kier molecular flexibility index (Phi) is 2.77. The zero-order valence-corrected chi connectivity index (χ0v) is 13.3. The van der Waals surface area contributed by atoms with Crippen LogP contribution in [0.2, 0.25) is 0 Å². The van der Waals surface area contributed by atoms with E-state index >= 15 is 0 Å². The highest BCUT2D eigenvalue weighted by Crippen LogP contribution is 2.47. The van der Waals surface area contributed by atoms with Crippen molar-refractivity contribution in [3.8, 4) is 0 Å². The lowest BCUT2D eigenvalue weighted by atomic mass is 10.1. The molecule has 0 aromatic carbocycles. The van der Waals surface area contributed by atoms with Gasteiger partial charge in [-0.3, -0.25) is 9.48 Å². The molecular formula is C13H18N4O4S. The summed E-state index contributed by atoms with van der Waals surface area (Å²) in [6.45, 7) is 3.14. The number of amides is 1. The number of carbonyl (C=O) groups excluding carboxylic acids is 1. The Bertz CT molecular complexity index is 758. The Morgan fingerprint density at radius 2 is 2.18 bits per heavy atom. The fraction of sp³-hybridized carbons (Fsp3) is 0.692. The number of ether oxygens (including phenoxy) is 1. The van der Waals surface area contributed by atoms with Crippen LogP contribution in [0.1, 0.15) is 18.5 Å². The second-order valence-corrected chi connectivity index (χ2v) is 7.91. The first kappa shape index (κ1) is 14.2. The second kappa shape index (κ2) is 4.30. The molecule has 3 saturated heterocycles. The first-order chi connectivity index (χ1) is 10.4. The van der Waals surface area contributed by atoms with Gasteiger partial charge in [0.15, 0.2) is 10.8 Å². The highest BCUT2D eigenvalue weighted by molar-refractivity contribution is 7.89. The maximum Gasteiger partial charge on any atom is 0.260 e. The first-order valence-corrected chi connectivity index (χ1v) is 8.77. The minimum atomic E-state index is -3.70. The largest absolute Gasteiger partial charge is 0.352 e. The van der Waals surface area contributed by atoms with E-state index in [4.69, 9.17) is 4.74 Å². The van der Waals surface area contributed by atoms with E-state index in [1.807, 2.05) is 0 Å². The van der Waals surface area contributed by atoms with Gasteiger partial charge in [-0.25, -0.2) is 8.42 Å². The smallest absolute Gasteiger partial charge is 0.260 e. The molecule has 3 aliphatic rings. The number of aryl methyl sites for hydroxylation is 2. The summed E-state index contributed by atoms with van der Waals surface area (Å²) in [7, 11) is -2.08. The van der Waals surface area contributed by atoms with Gasteiger partial charge in [0.2, 0.25) is 5.91 Å². The third kappa shape index (κ3) is 1.61. The number of rotatable bonds is 2. The zero-order valence-electron chi connectivity index (χ0n) is 12.5. The van der Waals surface area contributed by atoms with Crippen molar-refractivity contribution in [3.63, 3.8) is 0 Å². The molecule has 3 fully saturated rings. The molecule has 0 unspecified atom stereocenters. The molecule has 4 heterocycles. The molecule has 8 nitrogen and oxygen atoms in total. The molecule has 0 N–H and O–H groups in total. The number of carbonyl (C=O) groups is 1. The van der Waals surface area contributed by atoms with Crippen molar-refractivity contribution in [3.05, 3.63) is 11.8 Å². The normalized spacial score (nSPS) is 31.8. The van der Waals surface area contributed by atoms with E-state index in [9.17, 15) is 13.2 Å². The average Bonchev–Trinajstić information content (AvgIpc) is 3.13. The van der Waals surface area contributed by atoms with Crippen LogP contribution in [0.5, 0.6) is 0 Å². The predicted molar refractivity (Wildman–Crippen MR) is 75.3 cm³/mol. The molecule has 0 aliphatic carbocycles. The molecule has 1 aromatic heterocycles. The van der Waals surface area contributed by atoms with Crippen LogP contribution >= 0.6 is 0 Å². The molecule has 1 aromatic rings. The third-order valence-electron chi connectivity index (χ3n) is 4.88. The molecule has 2 atom stereocenters. The fourth-order valence-corrected chi connectivity index (χ4v) is 5.83. The minimum Gasteiger partial charge on any atom is -0.352 e. The van der Waals surface area contributed by atoms with Crippen molar-refractivity contribution in [2.24, 2.45) is 7.05 Å². The summed E-state index contributed by atoms with van der Waals surface area (Å²) < 4.78 is 34.6. The highest BCUT2D eigenvalue weighted by atomic mass is 32.2. The van der Waals surface area contributed by atoms with E-state index < -0.39 is 21.8 Å². The number of hydrogen-bond donors (Lipinski definition) is 0. The molecule has 0 radical (unpaired) electrons. The van der Waals surface area contributed by atoms with Crippen molar-refractivity contribution in [2.45, 2.75) is 36.6 Å². The van der Waals surface area contributed by atoms with Crippen LogP contribution in [-0.2, 0) is 26.6 Å². The van der Waals surface area contributed by atoms with E-state index in [0.717, 1.165) is 0 Å². The molecule has 9 heteroatoms. The second-order valence-electron chi connectivity index (χ2n) is 6.07. The summed E-state index contributed by atoms with van der Waals surface area (Å²) in [6.07, 6.45) is 0.718. The molecule has 1 amide bonds. The monoisotopic (exact) mass is 326 g/mol. The van der Waals surface area contributed by atoms with E-state index in [1.54, 1.807) is 24.9 Å². The molecule has 0 bridgehead atoms. The fourth-order valence-electron chi connectivity index (χ4n) is 3.99.